The Morgan fingerprint density at radius 1 is 0.919 bits per heavy atom. The number of hydrogen-bond acceptors (Lipinski definition) is 4. The van der Waals surface area contributed by atoms with Crippen LogP contribution in [0.3, 0.4) is 0 Å². The highest BCUT2D eigenvalue weighted by Gasteiger charge is 2.36. The first-order valence-corrected chi connectivity index (χ1v) is 13.5. The molecule has 1 heterocycles. The van der Waals surface area contributed by atoms with Gasteiger partial charge in [-0.3, -0.25) is 4.79 Å². The largest absolute Gasteiger partial charge is 0.497 e. The minimum absolute atomic E-state index is 0.289. The van der Waals surface area contributed by atoms with Crippen molar-refractivity contribution in [1.82, 2.24) is 10.2 Å². The molecule has 2 N–H and O–H groups in total. The standard InChI is InChI=1S/C30H36N2O3.C2H6/c1-35-28-15-13-27(14-16-28)30(34)18-21-32(22-19-30)20-8-17-29(23-31-24-33,25-9-4-2-5-10-25)26-11-6-3-7-12-26;1-2/h2-7,9-16,24,34H,8,17-23H2,1H3,(H,31,33);1-2H3. The molecule has 0 aliphatic carbocycles. The van der Waals surface area contributed by atoms with E-state index in [2.05, 4.69) is 58.7 Å². The smallest absolute Gasteiger partial charge is 0.207 e. The summed E-state index contributed by atoms with van der Waals surface area (Å²) in [7, 11) is 1.65. The van der Waals surface area contributed by atoms with Gasteiger partial charge in [-0.1, -0.05) is 86.6 Å². The highest BCUT2D eigenvalue weighted by atomic mass is 16.5. The van der Waals surface area contributed by atoms with E-state index in [1.807, 2.05) is 50.2 Å². The number of aliphatic hydroxyl groups is 1. The fourth-order valence-corrected chi connectivity index (χ4v) is 5.42. The highest BCUT2D eigenvalue weighted by molar-refractivity contribution is 5.48. The van der Waals surface area contributed by atoms with Crippen LogP contribution in [0.15, 0.2) is 84.9 Å². The van der Waals surface area contributed by atoms with Gasteiger partial charge in [0.15, 0.2) is 0 Å². The van der Waals surface area contributed by atoms with Crippen molar-refractivity contribution in [3.8, 4) is 5.75 Å². The third-order valence-corrected chi connectivity index (χ3v) is 7.53. The number of amides is 1. The van der Waals surface area contributed by atoms with Gasteiger partial charge in [0.1, 0.15) is 5.75 Å². The molecule has 1 fully saturated rings. The van der Waals surface area contributed by atoms with E-state index in [9.17, 15) is 9.90 Å². The first kappa shape index (κ1) is 28.4. The van der Waals surface area contributed by atoms with E-state index >= 15 is 0 Å². The number of hydrogen-bond donors (Lipinski definition) is 2. The fraction of sp³-hybridized carbons (Fsp3) is 0.406. The van der Waals surface area contributed by atoms with Crippen molar-refractivity contribution in [1.29, 1.82) is 0 Å². The number of methoxy groups -OCH3 is 1. The van der Waals surface area contributed by atoms with E-state index in [4.69, 9.17) is 4.74 Å². The predicted octanol–water partition coefficient (Wildman–Crippen LogP) is 5.52. The summed E-state index contributed by atoms with van der Waals surface area (Å²) in [5.41, 5.74) is 2.32. The van der Waals surface area contributed by atoms with Crippen LogP contribution in [-0.4, -0.2) is 49.7 Å². The van der Waals surface area contributed by atoms with Gasteiger partial charge in [0.05, 0.1) is 12.7 Å². The maximum Gasteiger partial charge on any atom is 0.207 e. The molecule has 0 radical (unpaired) electrons. The van der Waals surface area contributed by atoms with Crippen LogP contribution in [0, 0.1) is 0 Å². The lowest BCUT2D eigenvalue weighted by molar-refractivity contribution is -0.109. The normalized spacial score (nSPS) is 15.2. The fourth-order valence-electron chi connectivity index (χ4n) is 5.42. The Labute approximate surface area is 222 Å². The third-order valence-electron chi connectivity index (χ3n) is 7.53. The number of nitrogens with zero attached hydrogens (tertiary/aromatic N) is 1. The molecule has 3 aromatic rings. The summed E-state index contributed by atoms with van der Waals surface area (Å²) in [6.45, 7) is 7.24. The topological polar surface area (TPSA) is 61.8 Å². The van der Waals surface area contributed by atoms with E-state index in [0.717, 1.165) is 50.2 Å². The van der Waals surface area contributed by atoms with E-state index in [-0.39, 0.29) is 5.41 Å². The van der Waals surface area contributed by atoms with Gasteiger partial charge in [0.25, 0.3) is 0 Å². The molecule has 0 atom stereocenters. The summed E-state index contributed by atoms with van der Waals surface area (Å²) in [6.07, 6.45) is 4.14. The molecular formula is C32H42N2O3. The third kappa shape index (κ3) is 7.00. The summed E-state index contributed by atoms with van der Waals surface area (Å²) >= 11 is 0. The molecule has 198 valence electrons. The van der Waals surface area contributed by atoms with Crippen molar-refractivity contribution in [2.45, 2.75) is 50.5 Å². The highest BCUT2D eigenvalue weighted by Crippen LogP contribution is 2.37. The number of likely N-dealkylation sites (tertiary alicyclic amines) is 1. The van der Waals surface area contributed by atoms with E-state index in [1.165, 1.54) is 11.1 Å². The van der Waals surface area contributed by atoms with Gasteiger partial charge in [0.2, 0.25) is 6.41 Å². The van der Waals surface area contributed by atoms with Crippen LogP contribution in [0.25, 0.3) is 0 Å². The van der Waals surface area contributed by atoms with Crippen LogP contribution in [0.4, 0.5) is 0 Å². The molecule has 1 amide bonds. The van der Waals surface area contributed by atoms with Gasteiger partial charge in [-0.25, -0.2) is 0 Å². The Morgan fingerprint density at radius 3 is 1.95 bits per heavy atom. The quantitative estimate of drug-likeness (QED) is 0.339. The lowest BCUT2D eigenvalue weighted by atomic mass is 9.71. The number of ether oxygens (including phenoxy) is 1. The molecule has 5 nitrogen and oxygen atoms in total. The molecule has 4 rings (SSSR count). The zero-order chi connectivity index (χ0) is 26.6. The van der Waals surface area contributed by atoms with Crippen molar-refractivity contribution >= 4 is 6.41 Å². The van der Waals surface area contributed by atoms with Crippen LogP contribution < -0.4 is 10.1 Å². The van der Waals surface area contributed by atoms with E-state index in [1.54, 1.807) is 7.11 Å². The van der Waals surface area contributed by atoms with Gasteiger partial charge in [-0.15, -0.1) is 0 Å². The molecule has 0 spiro atoms. The monoisotopic (exact) mass is 502 g/mol. The van der Waals surface area contributed by atoms with Gasteiger partial charge in [0, 0.05) is 25.0 Å². The van der Waals surface area contributed by atoms with Crippen LogP contribution in [0.2, 0.25) is 0 Å². The number of nitrogens with one attached hydrogen (secondary N) is 1. The van der Waals surface area contributed by atoms with E-state index in [0.29, 0.717) is 19.4 Å². The second-order valence-corrected chi connectivity index (χ2v) is 9.52. The molecule has 1 aliphatic rings. The van der Waals surface area contributed by atoms with Crippen molar-refractivity contribution in [2.75, 3.05) is 33.3 Å². The summed E-state index contributed by atoms with van der Waals surface area (Å²) in [6, 6.07) is 28.8. The molecule has 0 bridgehead atoms. The Bertz CT molecular complexity index is 1010. The second-order valence-electron chi connectivity index (χ2n) is 9.52. The maximum atomic E-state index is 11.3. The first-order valence-electron chi connectivity index (χ1n) is 13.5. The summed E-state index contributed by atoms with van der Waals surface area (Å²) in [5.74, 6) is 0.805. The molecule has 5 heteroatoms. The summed E-state index contributed by atoms with van der Waals surface area (Å²) < 4.78 is 5.25. The van der Waals surface area contributed by atoms with E-state index < -0.39 is 5.60 Å². The summed E-state index contributed by atoms with van der Waals surface area (Å²) in [5, 5.41) is 14.2. The zero-order valence-corrected chi connectivity index (χ0v) is 22.5. The summed E-state index contributed by atoms with van der Waals surface area (Å²) in [4.78, 5) is 13.7. The average molecular weight is 503 g/mol. The molecule has 0 aromatic heterocycles. The van der Waals surface area contributed by atoms with Crippen molar-refractivity contribution in [3.05, 3.63) is 102 Å². The average Bonchev–Trinajstić information content (AvgIpc) is 2.98. The molecule has 0 saturated carbocycles. The number of carbonyl (C=O) groups excluding carboxylic acids is 1. The number of carbonyl (C=O) groups is 1. The van der Waals surface area contributed by atoms with Crippen LogP contribution >= 0.6 is 0 Å². The molecule has 0 unspecified atom stereocenters. The minimum Gasteiger partial charge on any atom is -0.497 e. The molecular weight excluding hydrogens is 460 g/mol. The lowest BCUT2D eigenvalue weighted by Gasteiger charge is -2.40. The number of benzene rings is 3. The molecule has 37 heavy (non-hydrogen) atoms. The Balaban J connectivity index is 0.00000186. The molecule has 1 aliphatic heterocycles. The van der Waals surface area contributed by atoms with Crippen LogP contribution in [0.1, 0.15) is 56.2 Å². The molecule has 3 aromatic carbocycles. The van der Waals surface area contributed by atoms with Crippen LogP contribution in [0.5, 0.6) is 5.75 Å². The first-order chi connectivity index (χ1) is 18.1. The Kier molecular flexibility index (Phi) is 10.7. The van der Waals surface area contributed by atoms with Crippen molar-refractivity contribution in [3.63, 3.8) is 0 Å². The number of rotatable bonds is 11. The Hall–Kier alpha value is -3.15. The van der Waals surface area contributed by atoms with Gasteiger partial charge < -0.3 is 20.1 Å². The zero-order valence-electron chi connectivity index (χ0n) is 22.5. The Morgan fingerprint density at radius 2 is 1.46 bits per heavy atom. The SMILES string of the molecule is CC.COc1ccc(C2(O)CCN(CCCC(CNC=O)(c3ccccc3)c3ccccc3)CC2)cc1. The van der Waals surface area contributed by atoms with Gasteiger partial charge >= 0.3 is 0 Å². The lowest BCUT2D eigenvalue weighted by Crippen LogP contribution is -2.44. The second kappa shape index (κ2) is 14.0. The number of piperidine rings is 1. The van der Waals surface area contributed by atoms with Crippen LogP contribution in [-0.2, 0) is 15.8 Å². The van der Waals surface area contributed by atoms with Crippen molar-refractivity contribution in [2.24, 2.45) is 0 Å². The molecule has 1 saturated heterocycles. The minimum atomic E-state index is -0.783. The van der Waals surface area contributed by atoms with Gasteiger partial charge in [-0.2, -0.15) is 0 Å². The predicted molar refractivity (Wildman–Crippen MR) is 151 cm³/mol. The maximum absolute atomic E-state index is 11.3. The van der Waals surface area contributed by atoms with Crippen molar-refractivity contribution < 1.29 is 14.6 Å². The van der Waals surface area contributed by atoms with Gasteiger partial charge in [-0.05, 0) is 61.1 Å².